The third kappa shape index (κ3) is 2.67. The molecule has 20 heavy (non-hydrogen) atoms. The van der Waals surface area contributed by atoms with Crippen molar-refractivity contribution in [1.82, 2.24) is 9.97 Å². The van der Waals surface area contributed by atoms with Crippen molar-refractivity contribution in [3.05, 3.63) is 53.9 Å². The van der Waals surface area contributed by atoms with E-state index in [2.05, 4.69) is 52.1 Å². The van der Waals surface area contributed by atoms with E-state index in [0.29, 0.717) is 11.8 Å². The van der Waals surface area contributed by atoms with Gasteiger partial charge in [-0.05, 0) is 36.3 Å². The van der Waals surface area contributed by atoms with Gasteiger partial charge in [0.25, 0.3) is 0 Å². The fourth-order valence-corrected chi connectivity index (χ4v) is 3.07. The van der Waals surface area contributed by atoms with Crippen LogP contribution in [0.25, 0.3) is 0 Å². The Labute approximate surface area is 120 Å². The normalized spacial score (nSPS) is 22.8. The van der Waals surface area contributed by atoms with Gasteiger partial charge in [-0.2, -0.15) is 0 Å². The van der Waals surface area contributed by atoms with Gasteiger partial charge >= 0.3 is 0 Å². The van der Waals surface area contributed by atoms with Crippen LogP contribution in [0.3, 0.4) is 0 Å². The highest BCUT2D eigenvalue weighted by Gasteiger charge is 2.28. The predicted octanol–water partition coefficient (Wildman–Crippen LogP) is 3.42. The molecule has 1 aromatic carbocycles. The summed E-state index contributed by atoms with van der Waals surface area (Å²) in [7, 11) is 0. The Kier molecular flexibility index (Phi) is 3.68. The van der Waals surface area contributed by atoms with E-state index in [4.69, 9.17) is 0 Å². The average Bonchev–Trinajstić information content (AvgIpc) is 2.49. The first-order chi connectivity index (χ1) is 9.74. The molecule has 104 valence electrons. The number of anilines is 1. The predicted molar refractivity (Wildman–Crippen MR) is 81.9 cm³/mol. The Morgan fingerprint density at radius 3 is 2.45 bits per heavy atom. The fourth-order valence-electron chi connectivity index (χ4n) is 3.07. The molecule has 0 spiro atoms. The lowest BCUT2D eigenvalue weighted by atomic mass is 9.82. The van der Waals surface area contributed by atoms with Crippen LogP contribution < -0.4 is 4.90 Å². The summed E-state index contributed by atoms with van der Waals surface area (Å²) in [6, 6.07) is 10.9. The van der Waals surface area contributed by atoms with Crippen molar-refractivity contribution in [3.63, 3.8) is 0 Å². The summed E-state index contributed by atoms with van der Waals surface area (Å²) < 4.78 is 0. The molecule has 3 rings (SSSR count). The van der Waals surface area contributed by atoms with Gasteiger partial charge in [-0.3, -0.25) is 0 Å². The summed E-state index contributed by atoms with van der Waals surface area (Å²) in [5.74, 6) is 2.14. The molecule has 1 aromatic heterocycles. The van der Waals surface area contributed by atoms with E-state index >= 15 is 0 Å². The molecule has 0 bridgehead atoms. The molecule has 0 radical (unpaired) electrons. The first-order valence-corrected chi connectivity index (χ1v) is 7.32. The number of aryl methyl sites for hydroxylation is 1. The van der Waals surface area contributed by atoms with Crippen LogP contribution in [0.4, 0.5) is 5.95 Å². The van der Waals surface area contributed by atoms with Crippen molar-refractivity contribution in [3.8, 4) is 0 Å². The number of hydrogen-bond donors (Lipinski definition) is 0. The summed E-state index contributed by atoms with van der Waals surface area (Å²) >= 11 is 0. The smallest absolute Gasteiger partial charge is 0.225 e. The molecule has 0 N–H and O–H groups in total. The van der Waals surface area contributed by atoms with Crippen molar-refractivity contribution < 1.29 is 0 Å². The maximum Gasteiger partial charge on any atom is 0.225 e. The molecule has 0 aliphatic carbocycles. The zero-order valence-corrected chi connectivity index (χ0v) is 12.2. The standard InChI is InChI=1S/C17H21N3/c1-13-10-18-17(19-11-13)20-9-8-16(14(2)12-20)15-6-4-3-5-7-15/h3-7,10-11,14,16H,8-9,12H2,1-2H3. The van der Waals surface area contributed by atoms with Gasteiger partial charge in [0.1, 0.15) is 0 Å². The first kappa shape index (κ1) is 13.1. The molecule has 1 fully saturated rings. The Hall–Kier alpha value is -1.90. The van der Waals surface area contributed by atoms with Gasteiger partial charge in [0, 0.05) is 25.5 Å². The second-order valence-electron chi connectivity index (χ2n) is 5.79. The highest BCUT2D eigenvalue weighted by Crippen LogP contribution is 2.33. The molecule has 2 unspecified atom stereocenters. The minimum absolute atomic E-state index is 0.621. The highest BCUT2D eigenvalue weighted by molar-refractivity contribution is 5.32. The van der Waals surface area contributed by atoms with Gasteiger partial charge in [-0.1, -0.05) is 37.3 Å². The van der Waals surface area contributed by atoms with E-state index in [1.165, 1.54) is 12.0 Å². The number of hydrogen-bond acceptors (Lipinski definition) is 3. The fraction of sp³-hybridized carbons (Fsp3) is 0.412. The minimum atomic E-state index is 0.621. The summed E-state index contributed by atoms with van der Waals surface area (Å²) in [6.07, 6.45) is 4.97. The topological polar surface area (TPSA) is 29.0 Å². The van der Waals surface area contributed by atoms with Crippen LogP contribution in [0.1, 0.15) is 30.4 Å². The van der Waals surface area contributed by atoms with E-state index in [1.807, 2.05) is 19.3 Å². The molecule has 2 heterocycles. The van der Waals surface area contributed by atoms with Crippen LogP contribution in [-0.4, -0.2) is 23.1 Å². The average molecular weight is 267 g/mol. The maximum atomic E-state index is 4.45. The monoisotopic (exact) mass is 267 g/mol. The number of rotatable bonds is 2. The van der Waals surface area contributed by atoms with Crippen molar-refractivity contribution in [2.24, 2.45) is 5.92 Å². The van der Waals surface area contributed by atoms with Gasteiger partial charge < -0.3 is 4.90 Å². The van der Waals surface area contributed by atoms with Crippen molar-refractivity contribution in [2.75, 3.05) is 18.0 Å². The number of nitrogens with zero attached hydrogens (tertiary/aromatic N) is 3. The second kappa shape index (κ2) is 5.61. The van der Waals surface area contributed by atoms with Gasteiger partial charge in [-0.15, -0.1) is 0 Å². The Morgan fingerprint density at radius 1 is 1.10 bits per heavy atom. The van der Waals surface area contributed by atoms with E-state index in [0.717, 1.165) is 24.6 Å². The molecular weight excluding hydrogens is 246 g/mol. The Morgan fingerprint density at radius 2 is 1.80 bits per heavy atom. The molecule has 2 aromatic rings. The summed E-state index contributed by atoms with van der Waals surface area (Å²) in [4.78, 5) is 11.2. The molecule has 0 amide bonds. The number of benzene rings is 1. The lowest BCUT2D eigenvalue weighted by Crippen LogP contribution is -2.39. The third-order valence-electron chi connectivity index (χ3n) is 4.18. The molecule has 3 nitrogen and oxygen atoms in total. The molecule has 1 saturated heterocycles. The van der Waals surface area contributed by atoms with Crippen LogP contribution in [0.15, 0.2) is 42.7 Å². The second-order valence-corrected chi connectivity index (χ2v) is 5.79. The highest BCUT2D eigenvalue weighted by atomic mass is 15.2. The van der Waals surface area contributed by atoms with Gasteiger partial charge in [0.05, 0.1) is 0 Å². The van der Waals surface area contributed by atoms with Crippen LogP contribution in [-0.2, 0) is 0 Å². The third-order valence-corrected chi connectivity index (χ3v) is 4.18. The zero-order chi connectivity index (χ0) is 13.9. The Bertz CT molecular complexity index is 550. The molecule has 2 atom stereocenters. The van der Waals surface area contributed by atoms with Crippen LogP contribution in [0.5, 0.6) is 0 Å². The molecule has 0 saturated carbocycles. The molecule has 1 aliphatic rings. The largest absolute Gasteiger partial charge is 0.341 e. The molecule has 1 aliphatic heterocycles. The van der Waals surface area contributed by atoms with Crippen LogP contribution in [0.2, 0.25) is 0 Å². The quantitative estimate of drug-likeness (QED) is 0.835. The zero-order valence-electron chi connectivity index (χ0n) is 12.2. The van der Waals surface area contributed by atoms with Gasteiger partial charge in [0.15, 0.2) is 0 Å². The van der Waals surface area contributed by atoms with Crippen molar-refractivity contribution in [1.29, 1.82) is 0 Å². The first-order valence-electron chi connectivity index (χ1n) is 7.32. The minimum Gasteiger partial charge on any atom is -0.341 e. The van der Waals surface area contributed by atoms with E-state index in [9.17, 15) is 0 Å². The Balaban J connectivity index is 1.72. The van der Waals surface area contributed by atoms with Crippen LogP contribution >= 0.6 is 0 Å². The lowest BCUT2D eigenvalue weighted by molar-refractivity contribution is 0.380. The maximum absolute atomic E-state index is 4.45. The van der Waals surface area contributed by atoms with Gasteiger partial charge in [-0.25, -0.2) is 9.97 Å². The van der Waals surface area contributed by atoms with Crippen molar-refractivity contribution in [2.45, 2.75) is 26.2 Å². The lowest BCUT2D eigenvalue weighted by Gasteiger charge is -2.37. The molecule has 3 heteroatoms. The van der Waals surface area contributed by atoms with E-state index in [1.54, 1.807) is 0 Å². The van der Waals surface area contributed by atoms with Crippen LogP contribution in [0, 0.1) is 12.8 Å². The van der Waals surface area contributed by atoms with E-state index < -0.39 is 0 Å². The SMILES string of the molecule is Cc1cnc(N2CCC(c3ccccc3)C(C)C2)nc1. The summed E-state index contributed by atoms with van der Waals surface area (Å²) in [5.41, 5.74) is 2.57. The summed E-state index contributed by atoms with van der Waals surface area (Å²) in [6.45, 7) is 6.42. The molecular formula is C17H21N3. The van der Waals surface area contributed by atoms with Gasteiger partial charge in [0.2, 0.25) is 5.95 Å². The number of aromatic nitrogens is 2. The van der Waals surface area contributed by atoms with E-state index in [-0.39, 0.29) is 0 Å². The number of piperidine rings is 1. The van der Waals surface area contributed by atoms with Crippen molar-refractivity contribution >= 4 is 5.95 Å². The summed E-state index contributed by atoms with van der Waals surface area (Å²) in [5, 5.41) is 0.